The fourth-order valence-corrected chi connectivity index (χ4v) is 3.07. The van der Waals surface area contributed by atoms with E-state index in [1.54, 1.807) is 0 Å². The summed E-state index contributed by atoms with van der Waals surface area (Å²) < 4.78 is 0. The van der Waals surface area contributed by atoms with E-state index in [-0.39, 0.29) is 0 Å². The first-order valence-electron chi connectivity index (χ1n) is 6.77. The Balaban J connectivity index is 1.79. The third kappa shape index (κ3) is 2.97. The van der Waals surface area contributed by atoms with Crippen molar-refractivity contribution in [3.63, 3.8) is 0 Å². The van der Waals surface area contributed by atoms with Crippen LogP contribution in [-0.2, 0) is 4.79 Å². The van der Waals surface area contributed by atoms with Crippen LogP contribution in [0.3, 0.4) is 0 Å². The van der Waals surface area contributed by atoms with Crippen LogP contribution in [0.15, 0.2) is 0 Å². The van der Waals surface area contributed by atoms with Gasteiger partial charge in [0.25, 0.3) is 0 Å². The lowest BCUT2D eigenvalue weighted by molar-refractivity contribution is -0.133. The molecule has 1 unspecified atom stereocenters. The summed E-state index contributed by atoms with van der Waals surface area (Å²) in [6.07, 6.45) is 8.30. The first-order chi connectivity index (χ1) is 7.79. The number of amides is 1. The van der Waals surface area contributed by atoms with E-state index in [9.17, 15) is 4.79 Å². The minimum absolute atomic E-state index is 0.380. The molecule has 0 spiro atoms. The molecule has 0 aromatic heterocycles. The molecule has 2 aliphatic rings. The highest BCUT2D eigenvalue weighted by atomic mass is 16.2. The zero-order valence-corrected chi connectivity index (χ0v) is 10.2. The Morgan fingerprint density at radius 1 is 1.12 bits per heavy atom. The molecular weight excluding hydrogens is 200 g/mol. The number of hydrogen-bond acceptors (Lipinski definition) is 2. The molecule has 2 rings (SSSR count). The van der Waals surface area contributed by atoms with E-state index in [0.717, 1.165) is 32.5 Å². The van der Waals surface area contributed by atoms with Crippen molar-refractivity contribution in [1.82, 2.24) is 4.90 Å². The topological polar surface area (TPSA) is 46.3 Å². The van der Waals surface area contributed by atoms with Crippen LogP contribution < -0.4 is 5.73 Å². The molecule has 3 heteroatoms. The van der Waals surface area contributed by atoms with Gasteiger partial charge in [0.05, 0.1) is 0 Å². The zero-order valence-electron chi connectivity index (χ0n) is 10.2. The second-order valence-corrected chi connectivity index (χ2v) is 5.44. The van der Waals surface area contributed by atoms with Gasteiger partial charge in [-0.3, -0.25) is 4.79 Å². The fraction of sp³-hybridized carbons (Fsp3) is 0.923. The lowest BCUT2D eigenvalue weighted by Gasteiger charge is -2.32. The maximum atomic E-state index is 12.1. The number of hydrogen-bond donors (Lipinski definition) is 1. The van der Waals surface area contributed by atoms with Gasteiger partial charge in [-0.2, -0.15) is 0 Å². The van der Waals surface area contributed by atoms with E-state index in [0.29, 0.717) is 17.7 Å². The average Bonchev–Trinajstić information content (AvgIpc) is 2.82. The van der Waals surface area contributed by atoms with Crippen LogP contribution in [0, 0.1) is 11.8 Å². The second kappa shape index (κ2) is 5.67. The molecule has 1 aliphatic carbocycles. The van der Waals surface area contributed by atoms with Crippen molar-refractivity contribution in [3.8, 4) is 0 Å². The molecule has 2 fully saturated rings. The molecule has 0 radical (unpaired) electrons. The number of carbonyl (C=O) groups excluding carboxylic acids is 1. The van der Waals surface area contributed by atoms with Gasteiger partial charge in [-0.05, 0) is 44.1 Å². The van der Waals surface area contributed by atoms with Crippen LogP contribution in [0.25, 0.3) is 0 Å². The van der Waals surface area contributed by atoms with Gasteiger partial charge in [-0.15, -0.1) is 0 Å². The lowest BCUT2D eigenvalue weighted by Crippen LogP contribution is -2.42. The minimum atomic E-state index is 0.380. The van der Waals surface area contributed by atoms with Crippen molar-refractivity contribution in [2.45, 2.75) is 44.9 Å². The maximum Gasteiger partial charge on any atom is 0.222 e. The standard InChI is InChI=1S/C13H24N2O/c14-9-12-6-3-7-15(10-12)13(16)8-11-4-1-2-5-11/h11-12H,1-10,14H2. The van der Waals surface area contributed by atoms with Crippen LogP contribution in [-0.4, -0.2) is 30.4 Å². The third-order valence-corrected chi connectivity index (χ3v) is 4.14. The summed E-state index contributed by atoms with van der Waals surface area (Å²) in [5.41, 5.74) is 5.69. The number of carbonyl (C=O) groups is 1. The van der Waals surface area contributed by atoms with Gasteiger partial charge in [0.2, 0.25) is 5.91 Å². The van der Waals surface area contributed by atoms with Crippen molar-refractivity contribution in [2.24, 2.45) is 17.6 Å². The fourth-order valence-electron chi connectivity index (χ4n) is 3.07. The van der Waals surface area contributed by atoms with Crippen LogP contribution >= 0.6 is 0 Å². The minimum Gasteiger partial charge on any atom is -0.342 e. The average molecular weight is 224 g/mol. The quantitative estimate of drug-likeness (QED) is 0.794. The molecule has 0 bridgehead atoms. The molecule has 1 heterocycles. The molecule has 0 aromatic rings. The molecule has 3 nitrogen and oxygen atoms in total. The number of nitrogens with two attached hydrogens (primary N) is 1. The first-order valence-corrected chi connectivity index (χ1v) is 6.77. The van der Waals surface area contributed by atoms with Crippen molar-refractivity contribution in [2.75, 3.05) is 19.6 Å². The number of nitrogens with zero attached hydrogens (tertiary/aromatic N) is 1. The first kappa shape index (κ1) is 11.9. The summed E-state index contributed by atoms with van der Waals surface area (Å²) in [6, 6.07) is 0. The summed E-state index contributed by atoms with van der Waals surface area (Å²) >= 11 is 0. The summed E-state index contributed by atoms with van der Waals surface area (Å²) in [5, 5.41) is 0. The van der Waals surface area contributed by atoms with Crippen molar-refractivity contribution in [1.29, 1.82) is 0 Å². The van der Waals surface area contributed by atoms with Crippen LogP contribution in [0.2, 0.25) is 0 Å². The molecule has 0 aromatic carbocycles. The highest BCUT2D eigenvalue weighted by molar-refractivity contribution is 5.76. The Morgan fingerprint density at radius 3 is 2.50 bits per heavy atom. The number of rotatable bonds is 3. The van der Waals surface area contributed by atoms with E-state index < -0.39 is 0 Å². The lowest BCUT2D eigenvalue weighted by atomic mass is 9.96. The molecule has 2 N–H and O–H groups in total. The predicted octanol–water partition coefficient (Wildman–Crippen LogP) is 1.76. The van der Waals surface area contributed by atoms with Crippen LogP contribution in [0.1, 0.15) is 44.9 Å². The van der Waals surface area contributed by atoms with Gasteiger partial charge in [0.1, 0.15) is 0 Å². The molecule has 1 amide bonds. The molecular formula is C13H24N2O. The van der Waals surface area contributed by atoms with Gasteiger partial charge in [-0.25, -0.2) is 0 Å². The second-order valence-electron chi connectivity index (χ2n) is 5.44. The zero-order chi connectivity index (χ0) is 11.4. The van der Waals surface area contributed by atoms with Crippen LogP contribution in [0.4, 0.5) is 0 Å². The number of likely N-dealkylation sites (tertiary alicyclic amines) is 1. The van der Waals surface area contributed by atoms with E-state index >= 15 is 0 Å². The van der Waals surface area contributed by atoms with Crippen LogP contribution in [0.5, 0.6) is 0 Å². The Morgan fingerprint density at radius 2 is 1.81 bits per heavy atom. The Kier molecular flexibility index (Phi) is 4.22. The van der Waals surface area contributed by atoms with E-state index in [2.05, 4.69) is 4.90 Å². The third-order valence-electron chi connectivity index (χ3n) is 4.14. The highest BCUT2D eigenvalue weighted by Crippen LogP contribution is 2.28. The van der Waals surface area contributed by atoms with Gasteiger partial charge in [-0.1, -0.05) is 12.8 Å². The van der Waals surface area contributed by atoms with Gasteiger partial charge in [0, 0.05) is 19.5 Å². The summed E-state index contributed by atoms with van der Waals surface area (Å²) in [4.78, 5) is 14.2. The molecule has 1 saturated carbocycles. The van der Waals surface area contributed by atoms with Crippen molar-refractivity contribution >= 4 is 5.91 Å². The van der Waals surface area contributed by atoms with E-state index in [1.807, 2.05) is 0 Å². The van der Waals surface area contributed by atoms with Crippen molar-refractivity contribution < 1.29 is 4.79 Å². The number of piperidine rings is 1. The SMILES string of the molecule is NCC1CCCN(C(=O)CC2CCCC2)C1. The predicted molar refractivity (Wildman–Crippen MR) is 64.9 cm³/mol. The maximum absolute atomic E-state index is 12.1. The van der Waals surface area contributed by atoms with Gasteiger partial charge >= 0.3 is 0 Å². The Bertz CT molecular complexity index is 236. The largest absolute Gasteiger partial charge is 0.342 e. The summed E-state index contributed by atoms with van der Waals surface area (Å²) in [7, 11) is 0. The molecule has 16 heavy (non-hydrogen) atoms. The van der Waals surface area contributed by atoms with Gasteiger partial charge in [0.15, 0.2) is 0 Å². The Labute approximate surface area is 98.4 Å². The van der Waals surface area contributed by atoms with Crippen molar-refractivity contribution in [3.05, 3.63) is 0 Å². The van der Waals surface area contributed by atoms with Gasteiger partial charge < -0.3 is 10.6 Å². The van der Waals surface area contributed by atoms with E-state index in [1.165, 1.54) is 32.1 Å². The van der Waals surface area contributed by atoms with E-state index in [4.69, 9.17) is 5.73 Å². The molecule has 92 valence electrons. The Hall–Kier alpha value is -0.570. The normalized spacial score (nSPS) is 27.3. The molecule has 1 atom stereocenters. The molecule has 1 saturated heterocycles. The molecule has 1 aliphatic heterocycles. The monoisotopic (exact) mass is 224 g/mol. The summed E-state index contributed by atoms with van der Waals surface area (Å²) in [6.45, 7) is 2.59. The smallest absolute Gasteiger partial charge is 0.222 e. The highest BCUT2D eigenvalue weighted by Gasteiger charge is 2.25. The summed E-state index contributed by atoms with van der Waals surface area (Å²) in [5.74, 6) is 1.59.